The van der Waals surface area contributed by atoms with Gasteiger partial charge in [0, 0.05) is 10.9 Å². The summed E-state index contributed by atoms with van der Waals surface area (Å²) in [6.45, 7) is 3.02. The van der Waals surface area contributed by atoms with Gasteiger partial charge in [0.15, 0.2) is 0 Å². The van der Waals surface area contributed by atoms with Crippen molar-refractivity contribution >= 4 is 27.1 Å². The molecule has 1 saturated heterocycles. The molecule has 3 aliphatic rings. The molecule has 1 heterocycles. The lowest BCUT2D eigenvalue weighted by atomic mass is 9.72. The minimum absolute atomic E-state index is 0.111. The second-order valence-electron chi connectivity index (χ2n) is 6.54. The number of ether oxygens (including phenoxy) is 2. The minimum atomic E-state index is -0.476. The maximum Gasteiger partial charge on any atom is 0.228 e. The Balaban J connectivity index is 1.53. The van der Waals surface area contributed by atoms with Gasteiger partial charge in [-0.05, 0) is 41.2 Å². The highest BCUT2D eigenvalue weighted by atomic mass is 79.9. The molecular weight excluding hydrogens is 352 g/mol. The fraction of sp³-hybridized carbons (Fsp3) is 0.500. The summed E-state index contributed by atoms with van der Waals surface area (Å²) in [6, 6.07) is 6.60. The van der Waals surface area contributed by atoms with E-state index in [0.29, 0.717) is 0 Å². The van der Waals surface area contributed by atoms with Crippen LogP contribution in [0.5, 0.6) is 0 Å². The molecule has 1 fully saturated rings. The van der Waals surface area contributed by atoms with E-state index in [1.165, 1.54) is 47.1 Å². The van der Waals surface area contributed by atoms with Gasteiger partial charge in [-0.15, -0.1) is 0 Å². The van der Waals surface area contributed by atoms with Crippen molar-refractivity contribution in [3.8, 4) is 0 Å². The van der Waals surface area contributed by atoms with Gasteiger partial charge in [-0.2, -0.15) is 0 Å². The van der Waals surface area contributed by atoms with Crippen LogP contribution in [-0.2, 0) is 15.9 Å². The molecule has 0 amide bonds. The van der Waals surface area contributed by atoms with Gasteiger partial charge >= 0.3 is 0 Å². The third kappa shape index (κ3) is 2.45. The molecule has 0 radical (unpaired) electrons. The first-order valence-electron chi connectivity index (χ1n) is 8.75. The molecule has 0 N–H and O–H groups in total. The number of hydrogen-bond acceptors (Lipinski definition) is 2. The Kier molecular flexibility index (Phi) is 4.21. The van der Waals surface area contributed by atoms with E-state index < -0.39 is 5.79 Å². The zero-order chi connectivity index (χ0) is 15.9. The average Bonchev–Trinajstić information content (AvgIpc) is 3.24. The highest BCUT2D eigenvalue weighted by Crippen LogP contribution is 2.61. The van der Waals surface area contributed by atoms with Crippen molar-refractivity contribution in [1.82, 2.24) is 0 Å². The van der Waals surface area contributed by atoms with E-state index >= 15 is 0 Å². The van der Waals surface area contributed by atoms with Crippen molar-refractivity contribution in [1.29, 1.82) is 0 Å². The predicted octanol–water partition coefficient (Wildman–Crippen LogP) is 5.11. The Morgan fingerprint density at radius 3 is 3.00 bits per heavy atom. The van der Waals surface area contributed by atoms with E-state index in [1.54, 1.807) is 0 Å². The number of fused-ring (bicyclic) bond motifs is 5. The molecule has 0 spiro atoms. The van der Waals surface area contributed by atoms with Gasteiger partial charge in [-0.1, -0.05) is 66.4 Å². The van der Waals surface area contributed by atoms with Gasteiger partial charge < -0.3 is 9.47 Å². The molecule has 23 heavy (non-hydrogen) atoms. The van der Waals surface area contributed by atoms with Crippen molar-refractivity contribution in [2.45, 2.75) is 50.9 Å². The number of hydrogen-bond donors (Lipinski definition) is 0. The molecule has 2 nitrogen and oxygen atoms in total. The van der Waals surface area contributed by atoms with Crippen LogP contribution in [0.1, 0.15) is 49.3 Å². The monoisotopic (exact) mass is 374 g/mol. The Bertz CT molecular complexity index is 676. The van der Waals surface area contributed by atoms with E-state index in [4.69, 9.17) is 9.47 Å². The van der Waals surface area contributed by atoms with Crippen LogP contribution in [0.3, 0.4) is 0 Å². The van der Waals surface area contributed by atoms with Gasteiger partial charge in [0.2, 0.25) is 5.79 Å². The summed E-state index contributed by atoms with van der Waals surface area (Å²) in [6.07, 6.45) is 10.5. The molecule has 1 aliphatic heterocycles. The lowest BCUT2D eigenvalue weighted by Crippen LogP contribution is -2.30. The normalized spacial score (nSPS) is 26.4. The van der Waals surface area contributed by atoms with Gasteiger partial charge in [-0.25, -0.2) is 0 Å². The molecule has 4 rings (SSSR count). The van der Waals surface area contributed by atoms with Crippen molar-refractivity contribution in [2.24, 2.45) is 0 Å². The van der Waals surface area contributed by atoms with Crippen LogP contribution >= 0.6 is 15.9 Å². The van der Waals surface area contributed by atoms with Crippen LogP contribution in [0.4, 0.5) is 0 Å². The number of allylic oxidation sites excluding steroid dienone is 2. The van der Waals surface area contributed by atoms with Gasteiger partial charge in [-0.3, -0.25) is 0 Å². The molecule has 0 saturated carbocycles. The highest BCUT2D eigenvalue weighted by molar-refractivity contribution is 9.09. The Labute approximate surface area is 146 Å². The van der Waals surface area contributed by atoms with Crippen molar-refractivity contribution in [2.75, 3.05) is 11.9 Å². The smallest absolute Gasteiger partial charge is 0.228 e. The molecular formula is C20H23BrO2. The van der Waals surface area contributed by atoms with E-state index in [0.717, 1.165) is 24.8 Å². The SMILES string of the molecule is CCCCCCOC12OC1C=CC1=C2c2cccc(CCBr)c21. The second kappa shape index (κ2) is 6.19. The fourth-order valence-corrected chi connectivity index (χ4v) is 4.26. The summed E-state index contributed by atoms with van der Waals surface area (Å²) in [5, 5.41) is 0.994. The van der Waals surface area contributed by atoms with Crippen molar-refractivity contribution in [3.63, 3.8) is 0 Å². The van der Waals surface area contributed by atoms with Crippen molar-refractivity contribution < 1.29 is 9.47 Å². The van der Waals surface area contributed by atoms with Crippen LogP contribution in [0.25, 0.3) is 11.1 Å². The summed E-state index contributed by atoms with van der Waals surface area (Å²) >= 11 is 3.56. The first-order chi connectivity index (χ1) is 11.3. The maximum atomic E-state index is 6.24. The fourth-order valence-electron chi connectivity index (χ4n) is 3.83. The predicted molar refractivity (Wildman–Crippen MR) is 97.6 cm³/mol. The number of epoxide rings is 1. The van der Waals surface area contributed by atoms with Crippen LogP contribution in [0, 0.1) is 0 Å². The van der Waals surface area contributed by atoms with E-state index in [1.807, 2.05) is 0 Å². The number of unbranched alkanes of at least 4 members (excludes halogenated alkanes) is 3. The number of aryl methyl sites for hydroxylation is 1. The molecule has 1 aromatic carbocycles. The van der Waals surface area contributed by atoms with Gasteiger partial charge in [0.25, 0.3) is 0 Å². The number of alkyl halides is 1. The zero-order valence-corrected chi connectivity index (χ0v) is 15.2. The molecule has 2 aliphatic carbocycles. The molecule has 2 atom stereocenters. The summed E-state index contributed by atoms with van der Waals surface area (Å²) in [4.78, 5) is 0. The van der Waals surface area contributed by atoms with Crippen LogP contribution in [0.15, 0.2) is 30.4 Å². The lowest BCUT2D eigenvalue weighted by molar-refractivity contribution is -0.00238. The number of halogens is 1. The summed E-state index contributed by atoms with van der Waals surface area (Å²) in [7, 11) is 0. The molecule has 1 aromatic rings. The first kappa shape index (κ1) is 15.6. The van der Waals surface area contributed by atoms with E-state index in [2.05, 4.69) is 53.2 Å². The largest absolute Gasteiger partial charge is 0.344 e. The summed E-state index contributed by atoms with van der Waals surface area (Å²) in [5.74, 6) is -0.476. The first-order valence-corrected chi connectivity index (χ1v) is 9.87. The van der Waals surface area contributed by atoms with E-state index in [9.17, 15) is 0 Å². The maximum absolute atomic E-state index is 6.24. The average molecular weight is 375 g/mol. The summed E-state index contributed by atoms with van der Waals surface area (Å²) < 4.78 is 12.2. The Morgan fingerprint density at radius 2 is 2.17 bits per heavy atom. The van der Waals surface area contributed by atoms with Gasteiger partial charge in [0.05, 0.1) is 6.61 Å². The molecule has 0 bridgehead atoms. The molecule has 122 valence electrons. The lowest BCUT2D eigenvalue weighted by Gasteiger charge is -2.34. The minimum Gasteiger partial charge on any atom is -0.344 e. The Morgan fingerprint density at radius 1 is 1.26 bits per heavy atom. The number of benzene rings is 1. The summed E-state index contributed by atoms with van der Waals surface area (Å²) in [5.41, 5.74) is 6.77. The van der Waals surface area contributed by atoms with Crippen molar-refractivity contribution in [3.05, 3.63) is 47.0 Å². The van der Waals surface area contributed by atoms with Gasteiger partial charge in [0.1, 0.15) is 6.10 Å². The van der Waals surface area contributed by atoms with E-state index in [-0.39, 0.29) is 6.10 Å². The van der Waals surface area contributed by atoms with Crippen LogP contribution in [0.2, 0.25) is 0 Å². The molecule has 0 aromatic heterocycles. The topological polar surface area (TPSA) is 21.8 Å². The standard InChI is InChI=1S/C20H23BrO2/c1-2-3-4-5-13-22-20-17(23-20)10-9-16-18-14(11-12-21)7-6-8-15(18)19(16)20/h6-10,17H,2-5,11-13H2,1H3. The van der Waals surface area contributed by atoms with Crippen LogP contribution < -0.4 is 0 Å². The Hall–Kier alpha value is -0.900. The molecule has 2 unspecified atom stereocenters. The zero-order valence-electron chi connectivity index (χ0n) is 13.6. The van der Waals surface area contributed by atoms with Crippen LogP contribution in [-0.4, -0.2) is 23.8 Å². The number of rotatable bonds is 8. The quantitative estimate of drug-likeness (QED) is 0.358. The third-order valence-corrected chi connectivity index (χ3v) is 5.44. The molecule has 3 heteroatoms. The second-order valence-corrected chi connectivity index (χ2v) is 7.33. The highest BCUT2D eigenvalue weighted by Gasteiger charge is 2.64. The third-order valence-electron chi connectivity index (χ3n) is 5.04.